The van der Waals surface area contributed by atoms with E-state index in [1.165, 1.54) is 26.2 Å². The second-order valence-electron chi connectivity index (χ2n) is 11.2. The molecule has 4 heteroatoms. The highest BCUT2D eigenvalue weighted by Gasteiger charge is 2.59. The Labute approximate surface area is 187 Å². The second kappa shape index (κ2) is 8.41. The van der Waals surface area contributed by atoms with E-state index >= 15 is 0 Å². The summed E-state index contributed by atoms with van der Waals surface area (Å²) in [5.41, 5.74) is 2.19. The molecule has 4 unspecified atom stereocenters. The van der Waals surface area contributed by atoms with Crippen molar-refractivity contribution < 1.29 is 19.1 Å². The minimum absolute atomic E-state index is 0.0572. The second-order valence-corrected chi connectivity index (χ2v) is 11.2. The molecule has 0 spiro atoms. The average molecular weight is 429 g/mol. The molecule has 3 saturated carbocycles. The standard InChI is InChI=1S/C27H40O4/c1-6-15-30-25(29)17(2)22-9-10-23-21-8-7-19-16-20(31-18(3)28)11-13-26(19,4)24(21)12-14-27(22,23)5/h6,8,17,19-20,22-24H,1,7,9-16H2,2-5H3/t17-,19?,20-,22?,23?,24?,26-,27+/m0/s1. The van der Waals surface area contributed by atoms with Gasteiger partial charge < -0.3 is 9.47 Å². The third-order valence-corrected chi connectivity index (χ3v) is 9.76. The fraction of sp³-hybridized carbons (Fsp3) is 0.778. The summed E-state index contributed by atoms with van der Waals surface area (Å²) in [6, 6.07) is 0. The van der Waals surface area contributed by atoms with Gasteiger partial charge in [0.25, 0.3) is 0 Å². The number of ether oxygens (including phenoxy) is 2. The zero-order chi connectivity index (χ0) is 22.4. The van der Waals surface area contributed by atoms with E-state index < -0.39 is 0 Å². The molecule has 4 aliphatic carbocycles. The van der Waals surface area contributed by atoms with Crippen molar-refractivity contribution >= 4 is 11.9 Å². The SMILES string of the molecule is C=CCOC(=O)[C@@H](C)C1CCC2C3=CCC4C[C@@H](OC(C)=O)CC[C@]4(C)C3CC[C@@]21C. The van der Waals surface area contributed by atoms with Crippen LogP contribution in [0.5, 0.6) is 0 Å². The number of allylic oxidation sites excluding steroid dienone is 2. The summed E-state index contributed by atoms with van der Waals surface area (Å²) in [5.74, 6) is 1.96. The summed E-state index contributed by atoms with van der Waals surface area (Å²) in [6.07, 6.45) is 13.3. The molecule has 8 atom stereocenters. The predicted molar refractivity (Wildman–Crippen MR) is 121 cm³/mol. The van der Waals surface area contributed by atoms with Gasteiger partial charge in [0, 0.05) is 6.92 Å². The molecule has 4 nitrogen and oxygen atoms in total. The minimum atomic E-state index is -0.146. The molecule has 4 aliphatic rings. The normalized spacial score (nSPS) is 42.3. The summed E-state index contributed by atoms with van der Waals surface area (Å²) in [5, 5.41) is 0. The van der Waals surface area contributed by atoms with E-state index in [-0.39, 0.29) is 29.4 Å². The monoisotopic (exact) mass is 428 g/mol. The lowest BCUT2D eigenvalue weighted by molar-refractivity contribution is -0.152. The highest BCUT2D eigenvalue weighted by atomic mass is 16.5. The van der Waals surface area contributed by atoms with Gasteiger partial charge in [-0.3, -0.25) is 9.59 Å². The number of hydrogen-bond acceptors (Lipinski definition) is 4. The van der Waals surface area contributed by atoms with Gasteiger partial charge in [0.05, 0.1) is 5.92 Å². The van der Waals surface area contributed by atoms with Crippen molar-refractivity contribution in [2.24, 2.45) is 40.4 Å². The molecule has 0 aliphatic heterocycles. The first kappa shape index (κ1) is 22.6. The third-order valence-electron chi connectivity index (χ3n) is 9.76. The summed E-state index contributed by atoms with van der Waals surface area (Å²) in [4.78, 5) is 24.1. The highest BCUT2D eigenvalue weighted by molar-refractivity contribution is 5.72. The Bertz CT molecular complexity index is 769. The highest BCUT2D eigenvalue weighted by Crippen LogP contribution is 2.66. The molecular formula is C27H40O4. The van der Waals surface area contributed by atoms with Gasteiger partial charge in [0.2, 0.25) is 0 Å². The molecule has 4 rings (SSSR count). The number of rotatable bonds is 5. The maximum atomic E-state index is 12.6. The number of carbonyl (C=O) groups is 2. The Balaban J connectivity index is 1.52. The molecule has 0 aromatic rings. The predicted octanol–water partition coefficient (Wildman–Crippen LogP) is 5.86. The van der Waals surface area contributed by atoms with Gasteiger partial charge in [-0.1, -0.05) is 45.1 Å². The van der Waals surface area contributed by atoms with E-state index in [1.807, 2.05) is 0 Å². The van der Waals surface area contributed by atoms with Crippen molar-refractivity contribution in [3.8, 4) is 0 Å². The summed E-state index contributed by atoms with van der Waals surface area (Å²) < 4.78 is 11.0. The van der Waals surface area contributed by atoms with Crippen LogP contribution in [0.1, 0.15) is 79.1 Å². The van der Waals surface area contributed by atoms with Crippen LogP contribution in [0, 0.1) is 40.4 Å². The molecule has 0 N–H and O–H groups in total. The van der Waals surface area contributed by atoms with Crippen molar-refractivity contribution in [3.63, 3.8) is 0 Å². The maximum Gasteiger partial charge on any atom is 0.309 e. The number of fused-ring (bicyclic) bond motifs is 5. The van der Waals surface area contributed by atoms with E-state index in [4.69, 9.17) is 9.47 Å². The molecule has 0 radical (unpaired) electrons. The third kappa shape index (κ3) is 3.78. The minimum Gasteiger partial charge on any atom is -0.463 e. The smallest absolute Gasteiger partial charge is 0.309 e. The van der Waals surface area contributed by atoms with Crippen LogP contribution in [0.3, 0.4) is 0 Å². The van der Waals surface area contributed by atoms with E-state index in [0.29, 0.717) is 35.7 Å². The van der Waals surface area contributed by atoms with E-state index in [1.54, 1.807) is 11.6 Å². The molecule has 0 aromatic heterocycles. The molecule has 3 fully saturated rings. The summed E-state index contributed by atoms with van der Waals surface area (Å²) in [7, 11) is 0. The Morgan fingerprint density at radius 1 is 1.16 bits per heavy atom. The van der Waals surface area contributed by atoms with Crippen LogP contribution in [0.4, 0.5) is 0 Å². The van der Waals surface area contributed by atoms with Gasteiger partial charge in [-0.15, -0.1) is 0 Å². The topological polar surface area (TPSA) is 52.6 Å². The van der Waals surface area contributed by atoms with Crippen LogP contribution in [-0.4, -0.2) is 24.6 Å². The lowest BCUT2D eigenvalue weighted by Gasteiger charge is -2.57. The van der Waals surface area contributed by atoms with Crippen molar-refractivity contribution in [1.29, 1.82) is 0 Å². The Morgan fingerprint density at radius 3 is 2.58 bits per heavy atom. The molecule has 0 amide bonds. The zero-order valence-corrected chi connectivity index (χ0v) is 19.8. The fourth-order valence-electron chi connectivity index (χ4n) is 8.11. The van der Waals surface area contributed by atoms with Gasteiger partial charge in [0.15, 0.2) is 0 Å². The quantitative estimate of drug-likeness (QED) is 0.406. The molecular weight excluding hydrogens is 388 g/mol. The lowest BCUT2D eigenvalue weighted by Crippen LogP contribution is -2.50. The number of hydrogen-bond donors (Lipinski definition) is 0. The van der Waals surface area contributed by atoms with Crippen LogP contribution in [-0.2, 0) is 19.1 Å². The van der Waals surface area contributed by atoms with Crippen LogP contribution in [0.25, 0.3) is 0 Å². The van der Waals surface area contributed by atoms with E-state index in [0.717, 1.165) is 32.1 Å². The first-order valence-electron chi connectivity index (χ1n) is 12.4. The van der Waals surface area contributed by atoms with Crippen molar-refractivity contribution in [2.45, 2.75) is 85.2 Å². The molecule has 0 heterocycles. The maximum absolute atomic E-state index is 12.6. The molecule has 0 bridgehead atoms. The molecule has 0 saturated heterocycles. The summed E-state index contributed by atoms with van der Waals surface area (Å²) in [6.45, 7) is 12.5. The van der Waals surface area contributed by atoms with Crippen LogP contribution < -0.4 is 0 Å². The number of esters is 2. The fourth-order valence-corrected chi connectivity index (χ4v) is 8.11. The molecule has 0 aromatic carbocycles. The van der Waals surface area contributed by atoms with Crippen LogP contribution in [0.15, 0.2) is 24.3 Å². The lowest BCUT2D eigenvalue weighted by atomic mass is 9.47. The Kier molecular flexibility index (Phi) is 6.13. The van der Waals surface area contributed by atoms with Crippen molar-refractivity contribution in [3.05, 3.63) is 24.3 Å². The largest absolute Gasteiger partial charge is 0.463 e. The van der Waals surface area contributed by atoms with Crippen molar-refractivity contribution in [1.82, 2.24) is 0 Å². The van der Waals surface area contributed by atoms with E-state index in [2.05, 4.69) is 33.4 Å². The number of carbonyl (C=O) groups excluding carboxylic acids is 2. The van der Waals surface area contributed by atoms with Crippen LogP contribution >= 0.6 is 0 Å². The Morgan fingerprint density at radius 2 is 1.87 bits per heavy atom. The van der Waals surface area contributed by atoms with Gasteiger partial charge in [-0.25, -0.2) is 0 Å². The van der Waals surface area contributed by atoms with Gasteiger partial charge in [-0.2, -0.15) is 0 Å². The van der Waals surface area contributed by atoms with Gasteiger partial charge in [0.1, 0.15) is 12.7 Å². The first-order valence-corrected chi connectivity index (χ1v) is 12.4. The van der Waals surface area contributed by atoms with Crippen LogP contribution in [0.2, 0.25) is 0 Å². The van der Waals surface area contributed by atoms with Crippen molar-refractivity contribution in [2.75, 3.05) is 6.61 Å². The van der Waals surface area contributed by atoms with Gasteiger partial charge >= 0.3 is 11.9 Å². The average Bonchev–Trinajstić information content (AvgIpc) is 3.08. The zero-order valence-electron chi connectivity index (χ0n) is 19.8. The molecule has 31 heavy (non-hydrogen) atoms. The summed E-state index contributed by atoms with van der Waals surface area (Å²) >= 11 is 0. The van der Waals surface area contributed by atoms with E-state index in [9.17, 15) is 9.59 Å². The first-order chi connectivity index (χ1) is 14.7. The molecule has 172 valence electrons. The Hall–Kier alpha value is -1.58. The van der Waals surface area contributed by atoms with Gasteiger partial charge in [-0.05, 0) is 85.9 Å².